The Kier molecular flexibility index (Phi) is 6.76. The fourth-order valence-electron chi connectivity index (χ4n) is 2.54. The highest BCUT2D eigenvalue weighted by atomic mass is 16.5. The molecule has 144 valence electrons. The van der Waals surface area contributed by atoms with E-state index in [1.807, 2.05) is 32.4 Å². The number of hydrogen-bond donors (Lipinski definition) is 1. The number of esters is 1. The fourth-order valence-corrected chi connectivity index (χ4v) is 2.54. The Morgan fingerprint density at radius 1 is 1.11 bits per heavy atom. The molecule has 1 aromatic carbocycles. The summed E-state index contributed by atoms with van der Waals surface area (Å²) in [4.78, 5) is 36.0. The molecule has 7 heteroatoms. The van der Waals surface area contributed by atoms with Crippen LogP contribution in [0.15, 0.2) is 30.3 Å². The molecule has 1 amide bonds. The van der Waals surface area contributed by atoms with E-state index in [2.05, 4.69) is 5.32 Å². The van der Waals surface area contributed by atoms with Gasteiger partial charge in [-0.15, -0.1) is 0 Å². The summed E-state index contributed by atoms with van der Waals surface area (Å²) in [5, 5.41) is 2.47. The molecule has 0 aliphatic rings. The van der Waals surface area contributed by atoms with Crippen molar-refractivity contribution in [3.63, 3.8) is 0 Å². The van der Waals surface area contributed by atoms with Crippen LogP contribution in [0.25, 0.3) is 0 Å². The van der Waals surface area contributed by atoms with Crippen LogP contribution in [0.5, 0.6) is 5.75 Å². The first-order valence-electron chi connectivity index (χ1n) is 8.66. The van der Waals surface area contributed by atoms with Crippen molar-refractivity contribution in [2.75, 3.05) is 19.8 Å². The Bertz CT molecular complexity index is 837. The Morgan fingerprint density at radius 2 is 1.78 bits per heavy atom. The first-order valence-corrected chi connectivity index (χ1v) is 8.66. The van der Waals surface area contributed by atoms with E-state index in [1.165, 1.54) is 0 Å². The minimum absolute atomic E-state index is 0.276. The summed E-state index contributed by atoms with van der Waals surface area (Å²) in [6, 6.07) is 8.34. The van der Waals surface area contributed by atoms with E-state index in [1.54, 1.807) is 30.3 Å². The standard InChI is InChI=1S/C20H24N2O5/c1-5-26-16-8-6-15(7-9-16)20(25)21-11-19(24)27-12-18(23)17-10-13(2)22(4)14(17)3/h6-10H,5,11-12H2,1-4H3,(H,21,25). The highest BCUT2D eigenvalue weighted by molar-refractivity contribution is 6.00. The lowest BCUT2D eigenvalue weighted by Gasteiger charge is -2.07. The zero-order valence-corrected chi connectivity index (χ0v) is 16.0. The van der Waals surface area contributed by atoms with Gasteiger partial charge >= 0.3 is 5.97 Å². The average Bonchev–Trinajstić information content (AvgIpc) is 2.92. The van der Waals surface area contributed by atoms with Crippen LogP contribution >= 0.6 is 0 Å². The zero-order valence-electron chi connectivity index (χ0n) is 16.0. The summed E-state index contributed by atoms with van der Waals surface area (Å²) in [6.45, 7) is 5.47. The molecule has 0 radical (unpaired) electrons. The molecule has 0 atom stereocenters. The van der Waals surface area contributed by atoms with Crippen LogP contribution in [-0.2, 0) is 16.6 Å². The molecule has 27 heavy (non-hydrogen) atoms. The molecular formula is C20H24N2O5. The monoisotopic (exact) mass is 372 g/mol. The van der Waals surface area contributed by atoms with Gasteiger partial charge in [-0.1, -0.05) is 0 Å². The molecule has 7 nitrogen and oxygen atoms in total. The maximum Gasteiger partial charge on any atom is 0.325 e. The van der Waals surface area contributed by atoms with Gasteiger partial charge in [-0.25, -0.2) is 0 Å². The third kappa shape index (κ3) is 5.20. The summed E-state index contributed by atoms with van der Waals surface area (Å²) >= 11 is 0. The molecule has 0 saturated heterocycles. The number of aryl methyl sites for hydroxylation is 1. The number of amides is 1. The molecule has 0 fully saturated rings. The number of aromatic nitrogens is 1. The van der Waals surface area contributed by atoms with Crippen molar-refractivity contribution < 1.29 is 23.9 Å². The van der Waals surface area contributed by atoms with E-state index >= 15 is 0 Å². The van der Waals surface area contributed by atoms with Gasteiger partial charge in [0, 0.05) is 29.6 Å². The van der Waals surface area contributed by atoms with Crippen LogP contribution in [0, 0.1) is 13.8 Å². The van der Waals surface area contributed by atoms with Gasteiger partial charge in [0.15, 0.2) is 6.61 Å². The van der Waals surface area contributed by atoms with Crippen molar-refractivity contribution >= 4 is 17.7 Å². The van der Waals surface area contributed by atoms with Gasteiger partial charge in [0.05, 0.1) is 6.61 Å². The molecule has 2 aromatic rings. The number of rotatable bonds is 8. The molecule has 0 aliphatic carbocycles. The Morgan fingerprint density at radius 3 is 2.33 bits per heavy atom. The number of nitrogens with one attached hydrogen (secondary N) is 1. The second-order valence-electron chi connectivity index (χ2n) is 6.07. The SMILES string of the molecule is CCOc1ccc(C(=O)NCC(=O)OCC(=O)c2cc(C)n(C)c2C)cc1. The second kappa shape index (κ2) is 9.02. The third-order valence-corrected chi connectivity index (χ3v) is 4.26. The quantitative estimate of drug-likeness (QED) is 0.567. The summed E-state index contributed by atoms with van der Waals surface area (Å²) in [5.74, 6) is -0.690. The molecule has 0 aliphatic heterocycles. The van der Waals surface area contributed by atoms with Crippen LogP contribution < -0.4 is 10.1 Å². The number of benzene rings is 1. The number of ketones is 1. The number of nitrogens with zero attached hydrogens (tertiary/aromatic N) is 1. The lowest BCUT2D eigenvalue weighted by Crippen LogP contribution is -2.31. The molecule has 2 rings (SSSR count). The smallest absolute Gasteiger partial charge is 0.325 e. The lowest BCUT2D eigenvalue weighted by atomic mass is 10.1. The fraction of sp³-hybridized carbons (Fsp3) is 0.350. The number of hydrogen-bond acceptors (Lipinski definition) is 5. The molecule has 0 saturated carbocycles. The molecule has 0 spiro atoms. The van der Waals surface area contributed by atoms with Gasteiger partial charge in [0.25, 0.3) is 5.91 Å². The third-order valence-electron chi connectivity index (χ3n) is 4.26. The Hall–Kier alpha value is -3.09. The molecule has 0 unspecified atom stereocenters. The molecule has 1 heterocycles. The maximum absolute atomic E-state index is 12.2. The van der Waals surface area contributed by atoms with E-state index in [4.69, 9.17) is 9.47 Å². The highest BCUT2D eigenvalue weighted by Crippen LogP contribution is 2.14. The minimum Gasteiger partial charge on any atom is -0.494 e. The normalized spacial score (nSPS) is 10.4. The summed E-state index contributed by atoms with van der Waals surface area (Å²) < 4.78 is 12.2. The van der Waals surface area contributed by atoms with E-state index in [0.717, 1.165) is 11.4 Å². The van der Waals surface area contributed by atoms with Crippen LogP contribution in [-0.4, -0.2) is 42.0 Å². The molecule has 1 N–H and O–H groups in total. The highest BCUT2D eigenvalue weighted by Gasteiger charge is 2.16. The van der Waals surface area contributed by atoms with Crippen LogP contribution in [0.2, 0.25) is 0 Å². The van der Waals surface area contributed by atoms with Gasteiger partial charge in [-0.2, -0.15) is 0 Å². The summed E-state index contributed by atoms with van der Waals surface area (Å²) in [6.07, 6.45) is 0. The predicted octanol–water partition coefficient (Wildman–Crippen LogP) is 2.20. The van der Waals surface area contributed by atoms with Gasteiger partial charge in [0.1, 0.15) is 12.3 Å². The van der Waals surface area contributed by atoms with Crippen molar-refractivity contribution in [1.29, 1.82) is 0 Å². The first-order chi connectivity index (χ1) is 12.8. The average molecular weight is 372 g/mol. The zero-order chi connectivity index (χ0) is 20.0. The number of carbonyl (C=O) groups is 3. The van der Waals surface area contributed by atoms with Crippen LogP contribution in [0.4, 0.5) is 0 Å². The second-order valence-corrected chi connectivity index (χ2v) is 6.07. The number of ether oxygens (including phenoxy) is 2. The molecule has 1 aromatic heterocycles. The Labute approximate surface area is 158 Å². The topological polar surface area (TPSA) is 86.6 Å². The van der Waals surface area contributed by atoms with Gasteiger partial charge in [-0.05, 0) is 51.1 Å². The van der Waals surface area contributed by atoms with Gasteiger partial charge in [-0.3, -0.25) is 14.4 Å². The van der Waals surface area contributed by atoms with Gasteiger partial charge in [0.2, 0.25) is 5.78 Å². The van der Waals surface area contributed by atoms with Crippen LogP contribution in [0.1, 0.15) is 39.0 Å². The minimum atomic E-state index is -0.673. The number of Topliss-reactive ketones (excluding diaryl/α,β-unsaturated/α-hetero) is 1. The lowest BCUT2D eigenvalue weighted by molar-refractivity contribution is -0.141. The number of carbonyl (C=O) groups excluding carboxylic acids is 3. The van der Waals surface area contributed by atoms with Crippen molar-refractivity contribution in [1.82, 2.24) is 9.88 Å². The van der Waals surface area contributed by atoms with Crippen LogP contribution in [0.3, 0.4) is 0 Å². The van der Waals surface area contributed by atoms with Crippen molar-refractivity contribution in [3.05, 3.63) is 52.8 Å². The molecular weight excluding hydrogens is 348 g/mol. The van der Waals surface area contributed by atoms with Crippen molar-refractivity contribution in [2.24, 2.45) is 7.05 Å². The first kappa shape index (κ1) is 20.2. The Balaban J connectivity index is 1.80. The largest absolute Gasteiger partial charge is 0.494 e. The van der Waals surface area contributed by atoms with E-state index in [-0.39, 0.29) is 18.9 Å². The van der Waals surface area contributed by atoms with E-state index in [9.17, 15) is 14.4 Å². The predicted molar refractivity (Wildman–Crippen MR) is 100 cm³/mol. The van der Waals surface area contributed by atoms with Gasteiger partial charge < -0.3 is 19.4 Å². The summed E-state index contributed by atoms with van der Waals surface area (Å²) in [7, 11) is 1.86. The van der Waals surface area contributed by atoms with Crippen molar-refractivity contribution in [2.45, 2.75) is 20.8 Å². The van der Waals surface area contributed by atoms with E-state index < -0.39 is 11.9 Å². The molecule has 0 bridgehead atoms. The maximum atomic E-state index is 12.2. The van der Waals surface area contributed by atoms with E-state index in [0.29, 0.717) is 23.5 Å². The summed E-state index contributed by atoms with van der Waals surface area (Å²) in [5.41, 5.74) is 2.70. The van der Waals surface area contributed by atoms with Crippen molar-refractivity contribution in [3.8, 4) is 5.75 Å².